The summed E-state index contributed by atoms with van der Waals surface area (Å²) in [7, 11) is 0. The molecule has 0 spiro atoms. The molecule has 0 aliphatic carbocycles. The number of carbonyl (C=O) groups is 1. The monoisotopic (exact) mass is 271 g/mol. The van der Waals surface area contributed by atoms with Crippen LogP contribution in [-0.2, 0) is 0 Å². The Morgan fingerprint density at radius 1 is 1.35 bits per heavy atom. The van der Waals surface area contributed by atoms with Crippen LogP contribution in [0.2, 0.25) is 10.3 Å². The highest BCUT2D eigenvalue weighted by Crippen LogP contribution is 2.17. The van der Waals surface area contributed by atoms with Gasteiger partial charge in [0.2, 0.25) is 5.95 Å². The Bertz CT molecular complexity index is 568. The molecule has 2 rings (SSSR count). The number of aryl methyl sites for hydroxylation is 1. The van der Waals surface area contributed by atoms with Crippen molar-refractivity contribution in [2.45, 2.75) is 6.92 Å². The molecular weight excluding hydrogens is 265 g/mol. The number of hydrogen-bond donors (Lipinski definition) is 2. The van der Waals surface area contributed by atoms with Crippen molar-refractivity contribution in [3.63, 3.8) is 0 Å². The van der Waals surface area contributed by atoms with E-state index in [1.807, 2.05) is 0 Å². The number of rotatable bonds is 2. The quantitative estimate of drug-likeness (QED) is 0.819. The fourth-order valence-corrected chi connectivity index (χ4v) is 1.58. The highest BCUT2D eigenvalue weighted by Gasteiger charge is 2.13. The number of hydrogen-bond acceptors (Lipinski definition) is 4. The van der Waals surface area contributed by atoms with E-state index in [0.29, 0.717) is 5.82 Å². The van der Waals surface area contributed by atoms with Crippen molar-refractivity contribution < 1.29 is 4.79 Å². The maximum Gasteiger partial charge on any atom is 0.261 e. The third-order valence-corrected chi connectivity index (χ3v) is 2.38. The van der Waals surface area contributed by atoms with Crippen LogP contribution in [0, 0.1) is 6.92 Å². The van der Waals surface area contributed by atoms with Crippen molar-refractivity contribution in [3.8, 4) is 0 Å². The number of pyridine rings is 1. The number of H-pyrrole nitrogens is 1. The second kappa shape index (κ2) is 4.68. The predicted molar refractivity (Wildman–Crippen MR) is 63.3 cm³/mol. The summed E-state index contributed by atoms with van der Waals surface area (Å²) in [6.07, 6.45) is 0. The molecule has 0 aliphatic rings. The van der Waals surface area contributed by atoms with Crippen molar-refractivity contribution >= 4 is 35.1 Å². The number of carbonyl (C=O) groups excluding carboxylic acids is 1. The van der Waals surface area contributed by atoms with Gasteiger partial charge in [0.15, 0.2) is 0 Å². The summed E-state index contributed by atoms with van der Waals surface area (Å²) < 4.78 is 0. The number of nitrogens with one attached hydrogen (secondary N) is 2. The first-order valence-corrected chi connectivity index (χ1v) is 5.34. The van der Waals surface area contributed by atoms with Crippen molar-refractivity contribution in [1.29, 1.82) is 0 Å². The van der Waals surface area contributed by atoms with Crippen LogP contribution < -0.4 is 5.32 Å². The zero-order chi connectivity index (χ0) is 12.4. The minimum atomic E-state index is -0.446. The van der Waals surface area contributed by atoms with Gasteiger partial charge < -0.3 is 0 Å². The van der Waals surface area contributed by atoms with Gasteiger partial charge in [-0.3, -0.25) is 15.2 Å². The normalized spacial score (nSPS) is 10.3. The molecular formula is C9H7Cl2N5O. The zero-order valence-corrected chi connectivity index (χ0v) is 10.2. The summed E-state index contributed by atoms with van der Waals surface area (Å²) in [6.45, 7) is 1.72. The van der Waals surface area contributed by atoms with Gasteiger partial charge in [-0.1, -0.05) is 23.2 Å². The number of nitrogens with zero attached hydrogens (tertiary/aromatic N) is 3. The van der Waals surface area contributed by atoms with Crippen molar-refractivity contribution in [1.82, 2.24) is 20.2 Å². The van der Waals surface area contributed by atoms with Crippen LogP contribution in [0.5, 0.6) is 0 Å². The van der Waals surface area contributed by atoms with Gasteiger partial charge in [-0.2, -0.15) is 4.98 Å². The molecule has 0 fully saturated rings. The molecule has 2 aromatic rings. The summed E-state index contributed by atoms with van der Waals surface area (Å²) in [4.78, 5) is 19.5. The Labute approximate surface area is 106 Å². The molecule has 88 valence electrons. The fraction of sp³-hybridized carbons (Fsp3) is 0.111. The lowest BCUT2D eigenvalue weighted by Gasteiger charge is -2.02. The summed E-state index contributed by atoms with van der Waals surface area (Å²) >= 11 is 11.4. The lowest BCUT2D eigenvalue weighted by atomic mass is 10.3. The first-order chi connectivity index (χ1) is 8.06. The first-order valence-electron chi connectivity index (χ1n) is 4.58. The number of aromatic nitrogens is 4. The van der Waals surface area contributed by atoms with Crippen LogP contribution in [0.4, 0.5) is 5.95 Å². The van der Waals surface area contributed by atoms with E-state index in [-0.39, 0.29) is 21.8 Å². The zero-order valence-electron chi connectivity index (χ0n) is 8.66. The molecule has 2 heterocycles. The summed E-state index contributed by atoms with van der Waals surface area (Å²) in [6, 6.07) is 2.96. The molecule has 0 saturated heterocycles. The second-order valence-electron chi connectivity index (χ2n) is 3.17. The minimum absolute atomic E-state index is 0.0299. The predicted octanol–water partition coefficient (Wildman–Crippen LogP) is 2.07. The van der Waals surface area contributed by atoms with E-state index in [2.05, 4.69) is 25.5 Å². The van der Waals surface area contributed by atoms with E-state index in [4.69, 9.17) is 23.2 Å². The van der Waals surface area contributed by atoms with Gasteiger partial charge in [0.25, 0.3) is 5.91 Å². The van der Waals surface area contributed by atoms with Gasteiger partial charge in [-0.05, 0) is 19.1 Å². The molecule has 0 atom stereocenters. The highest BCUT2D eigenvalue weighted by molar-refractivity contribution is 6.35. The average molecular weight is 272 g/mol. The van der Waals surface area contributed by atoms with Crippen LogP contribution in [0.1, 0.15) is 16.2 Å². The van der Waals surface area contributed by atoms with E-state index in [9.17, 15) is 4.79 Å². The smallest absolute Gasteiger partial charge is 0.261 e. The molecule has 2 aromatic heterocycles. The molecule has 8 heteroatoms. The number of aromatic amines is 1. The third-order valence-electron chi connectivity index (χ3n) is 1.88. The van der Waals surface area contributed by atoms with Crippen LogP contribution in [0.15, 0.2) is 12.1 Å². The Morgan fingerprint density at radius 3 is 2.71 bits per heavy atom. The molecule has 0 bridgehead atoms. The molecule has 6 nitrogen and oxygen atoms in total. The van der Waals surface area contributed by atoms with Crippen molar-refractivity contribution in [2.24, 2.45) is 0 Å². The molecule has 0 aliphatic heterocycles. The van der Waals surface area contributed by atoms with Crippen molar-refractivity contribution in [2.75, 3.05) is 5.32 Å². The number of anilines is 1. The van der Waals surface area contributed by atoms with Gasteiger partial charge in [-0.25, -0.2) is 4.98 Å². The van der Waals surface area contributed by atoms with E-state index in [0.717, 1.165) is 0 Å². The Morgan fingerprint density at radius 2 is 2.12 bits per heavy atom. The molecule has 0 radical (unpaired) electrons. The topological polar surface area (TPSA) is 83.6 Å². The molecule has 0 unspecified atom stereocenters. The maximum absolute atomic E-state index is 11.8. The Hall–Kier alpha value is -1.66. The van der Waals surface area contributed by atoms with Crippen LogP contribution in [-0.4, -0.2) is 26.1 Å². The van der Waals surface area contributed by atoms with Crippen LogP contribution >= 0.6 is 23.2 Å². The maximum atomic E-state index is 11.8. The van der Waals surface area contributed by atoms with Crippen molar-refractivity contribution in [3.05, 3.63) is 33.8 Å². The lowest BCUT2D eigenvalue weighted by molar-refractivity contribution is 0.102. The van der Waals surface area contributed by atoms with E-state index in [1.165, 1.54) is 12.1 Å². The average Bonchev–Trinajstić information content (AvgIpc) is 2.63. The largest absolute Gasteiger partial charge is 0.289 e. The second-order valence-corrected chi connectivity index (χ2v) is 3.92. The summed E-state index contributed by atoms with van der Waals surface area (Å²) in [5, 5.41) is 9.11. The molecule has 0 aromatic carbocycles. The SMILES string of the molecule is Cc1nc(NC(=O)c2ccc(Cl)nc2Cl)n[nH]1. The molecule has 1 amide bonds. The number of halogens is 2. The van der Waals surface area contributed by atoms with E-state index in [1.54, 1.807) is 6.92 Å². The van der Waals surface area contributed by atoms with Crippen LogP contribution in [0.25, 0.3) is 0 Å². The van der Waals surface area contributed by atoms with Gasteiger partial charge in [0.05, 0.1) is 5.56 Å². The van der Waals surface area contributed by atoms with Gasteiger partial charge in [0, 0.05) is 0 Å². The molecule has 2 N–H and O–H groups in total. The third kappa shape index (κ3) is 2.72. The molecule has 17 heavy (non-hydrogen) atoms. The summed E-state index contributed by atoms with van der Waals surface area (Å²) in [5.74, 6) is 0.331. The van der Waals surface area contributed by atoms with E-state index < -0.39 is 5.91 Å². The molecule has 0 saturated carbocycles. The highest BCUT2D eigenvalue weighted by atomic mass is 35.5. The van der Waals surface area contributed by atoms with Gasteiger partial charge >= 0.3 is 0 Å². The van der Waals surface area contributed by atoms with Gasteiger partial charge in [-0.15, -0.1) is 5.10 Å². The van der Waals surface area contributed by atoms with E-state index >= 15 is 0 Å². The van der Waals surface area contributed by atoms with Crippen LogP contribution in [0.3, 0.4) is 0 Å². The Kier molecular flexibility index (Phi) is 3.26. The lowest BCUT2D eigenvalue weighted by Crippen LogP contribution is -2.14. The standard InChI is InChI=1S/C9H7Cl2N5O/c1-4-12-9(16-15-4)14-8(17)5-2-3-6(10)13-7(5)11/h2-3H,1H3,(H2,12,14,15,16,17). The Balaban J connectivity index is 2.20. The minimum Gasteiger partial charge on any atom is -0.289 e. The van der Waals surface area contributed by atoms with Gasteiger partial charge in [0.1, 0.15) is 16.1 Å². The summed E-state index contributed by atoms with van der Waals surface area (Å²) in [5.41, 5.74) is 0.207. The number of amides is 1. The first kappa shape index (κ1) is 11.8. The fourth-order valence-electron chi connectivity index (χ4n) is 1.15.